The van der Waals surface area contributed by atoms with Gasteiger partial charge in [0, 0.05) is 6.54 Å². The third-order valence-electron chi connectivity index (χ3n) is 2.92. The molecule has 0 aliphatic heterocycles. The van der Waals surface area contributed by atoms with Gasteiger partial charge in [-0.25, -0.2) is 4.79 Å². The van der Waals surface area contributed by atoms with Gasteiger partial charge in [0.2, 0.25) is 0 Å². The summed E-state index contributed by atoms with van der Waals surface area (Å²) in [6.45, 7) is 4.31. The number of aryl methyl sites for hydroxylation is 1. The number of aromatic carboxylic acids is 1. The summed E-state index contributed by atoms with van der Waals surface area (Å²) < 4.78 is 0. The van der Waals surface area contributed by atoms with Crippen LogP contribution in [0.4, 0.5) is 5.82 Å². The van der Waals surface area contributed by atoms with Crippen LogP contribution in [0.3, 0.4) is 0 Å². The number of carbonyl (C=O) groups is 1. The molecule has 5 nitrogen and oxygen atoms in total. The summed E-state index contributed by atoms with van der Waals surface area (Å²) in [6.07, 6.45) is 2.43. The average Bonchev–Trinajstić information content (AvgIpc) is 3.03. The van der Waals surface area contributed by atoms with Gasteiger partial charge in [0.1, 0.15) is 5.56 Å². The van der Waals surface area contributed by atoms with E-state index in [0.717, 1.165) is 6.54 Å². The number of rotatable bonds is 4. The average molecular weight is 221 g/mol. The van der Waals surface area contributed by atoms with Crippen LogP contribution in [0.15, 0.2) is 0 Å². The first kappa shape index (κ1) is 10.9. The van der Waals surface area contributed by atoms with Crippen LogP contribution in [0, 0.1) is 19.8 Å². The zero-order valence-electron chi connectivity index (χ0n) is 9.45. The van der Waals surface area contributed by atoms with E-state index in [4.69, 9.17) is 5.11 Å². The van der Waals surface area contributed by atoms with Crippen molar-refractivity contribution in [3.05, 3.63) is 16.8 Å². The number of carboxylic acids is 1. The molecule has 1 aliphatic carbocycles. The molecule has 86 valence electrons. The molecule has 5 heteroatoms. The Bertz CT molecular complexity index is 427. The number of hydrogen-bond donors (Lipinski definition) is 2. The monoisotopic (exact) mass is 221 g/mol. The summed E-state index contributed by atoms with van der Waals surface area (Å²) in [7, 11) is 0. The lowest BCUT2D eigenvalue weighted by Crippen LogP contribution is -2.14. The molecular weight excluding hydrogens is 206 g/mol. The van der Waals surface area contributed by atoms with Gasteiger partial charge in [-0.15, -0.1) is 5.10 Å². The van der Waals surface area contributed by atoms with Crippen LogP contribution >= 0.6 is 0 Å². The molecule has 0 unspecified atom stereocenters. The van der Waals surface area contributed by atoms with E-state index in [0.29, 0.717) is 23.0 Å². The van der Waals surface area contributed by atoms with Crippen molar-refractivity contribution >= 4 is 11.8 Å². The molecular formula is C11H15N3O2. The predicted molar refractivity (Wildman–Crippen MR) is 59.7 cm³/mol. The van der Waals surface area contributed by atoms with Crippen molar-refractivity contribution in [3.8, 4) is 0 Å². The molecule has 0 amide bonds. The molecule has 1 heterocycles. The van der Waals surface area contributed by atoms with E-state index in [2.05, 4.69) is 15.5 Å². The molecule has 0 radical (unpaired) electrons. The smallest absolute Gasteiger partial charge is 0.339 e. The highest BCUT2D eigenvalue weighted by Gasteiger charge is 2.23. The van der Waals surface area contributed by atoms with Crippen molar-refractivity contribution in [1.29, 1.82) is 0 Å². The maximum atomic E-state index is 11.1. The molecule has 1 fully saturated rings. The molecule has 0 saturated heterocycles. The minimum atomic E-state index is -0.950. The molecule has 1 aromatic rings. The number of aromatic nitrogens is 2. The second kappa shape index (κ2) is 4.08. The topological polar surface area (TPSA) is 75.1 Å². The zero-order chi connectivity index (χ0) is 11.7. The lowest BCUT2D eigenvalue weighted by molar-refractivity contribution is 0.0696. The minimum absolute atomic E-state index is 0.244. The van der Waals surface area contributed by atoms with E-state index in [1.807, 2.05) is 0 Å². The van der Waals surface area contributed by atoms with Crippen LogP contribution in [0.2, 0.25) is 0 Å². The maximum absolute atomic E-state index is 11.1. The van der Waals surface area contributed by atoms with Crippen molar-refractivity contribution in [2.45, 2.75) is 26.7 Å². The first-order valence-electron chi connectivity index (χ1n) is 5.40. The van der Waals surface area contributed by atoms with Crippen molar-refractivity contribution in [1.82, 2.24) is 10.2 Å². The van der Waals surface area contributed by atoms with E-state index >= 15 is 0 Å². The van der Waals surface area contributed by atoms with Gasteiger partial charge in [0.15, 0.2) is 5.82 Å². The summed E-state index contributed by atoms with van der Waals surface area (Å²) in [4.78, 5) is 11.1. The van der Waals surface area contributed by atoms with Crippen LogP contribution in [0.25, 0.3) is 0 Å². The van der Waals surface area contributed by atoms with Crippen molar-refractivity contribution < 1.29 is 9.90 Å². The normalized spacial score (nSPS) is 14.9. The van der Waals surface area contributed by atoms with Gasteiger partial charge in [-0.3, -0.25) is 0 Å². The molecule has 0 bridgehead atoms. The van der Waals surface area contributed by atoms with Gasteiger partial charge in [-0.05, 0) is 38.2 Å². The highest BCUT2D eigenvalue weighted by Crippen LogP contribution is 2.29. The fraction of sp³-hybridized carbons (Fsp3) is 0.545. The Labute approximate surface area is 93.9 Å². The third kappa shape index (κ3) is 2.13. The molecule has 1 aliphatic rings. The Kier molecular flexibility index (Phi) is 2.77. The summed E-state index contributed by atoms with van der Waals surface area (Å²) in [5.74, 6) is 0.112. The number of nitrogens with one attached hydrogen (secondary N) is 1. The molecule has 0 spiro atoms. The first-order valence-corrected chi connectivity index (χ1v) is 5.40. The Morgan fingerprint density at radius 1 is 1.44 bits per heavy atom. The maximum Gasteiger partial charge on any atom is 0.339 e. The molecule has 1 saturated carbocycles. The van der Waals surface area contributed by atoms with E-state index in [-0.39, 0.29) is 5.56 Å². The van der Waals surface area contributed by atoms with Crippen LogP contribution in [0.5, 0.6) is 0 Å². The van der Waals surface area contributed by atoms with Gasteiger partial charge in [-0.1, -0.05) is 0 Å². The van der Waals surface area contributed by atoms with Gasteiger partial charge in [0.25, 0.3) is 0 Å². The van der Waals surface area contributed by atoms with E-state index in [1.165, 1.54) is 12.8 Å². The summed E-state index contributed by atoms with van der Waals surface area (Å²) in [5, 5.41) is 20.1. The second-order valence-corrected chi connectivity index (χ2v) is 4.26. The fourth-order valence-electron chi connectivity index (χ4n) is 1.56. The minimum Gasteiger partial charge on any atom is -0.478 e. The van der Waals surface area contributed by atoms with Gasteiger partial charge >= 0.3 is 5.97 Å². The van der Waals surface area contributed by atoms with Gasteiger partial charge < -0.3 is 10.4 Å². The molecule has 2 rings (SSSR count). The Balaban J connectivity index is 2.27. The quantitative estimate of drug-likeness (QED) is 0.808. The van der Waals surface area contributed by atoms with Crippen LogP contribution in [0.1, 0.15) is 34.5 Å². The lowest BCUT2D eigenvalue weighted by Gasteiger charge is -2.10. The van der Waals surface area contributed by atoms with Gasteiger partial charge in [-0.2, -0.15) is 5.10 Å². The van der Waals surface area contributed by atoms with Crippen LogP contribution in [-0.4, -0.2) is 27.8 Å². The number of carboxylic acid groups (broad SMARTS) is 1. The SMILES string of the molecule is Cc1nnc(NCC2CC2)c(C(=O)O)c1C. The number of nitrogens with zero attached hydrogens (tertiary/aromatic N) is 2. The van der Waals surface area contributed by atoms with Crippen molar-refractivity contribution in [3.63, 3.8) is 0 Å². The number of anilines is 1. The Morgan fingerprint density at radius 2 is 2.12 bits per heavy atom. The van der Waals surface area contributed by atoms with Crippen LogP contribution in [-0.2, 0) is 0 Å². The standard InChI is InChI=1S/C11H15N3O2/c1-6-7(2)13-14-10(9(6)11(15)16)12-5-8-3-4-8/h8H,3-5H2,1-2H3,(H,12,14)(H,15,16). The summed E-state index contributed by atoms with van der Waals surface area (Å²) >= 11 is 0. The third-order valence-corrected chi connectivity index (χ3v) is 2.92. The Morgan fingerprint density at radius 3 is 2.69 bits per heavy atom. The molecule has 16 heavy (non-hydrogen) atoms. The largest absolute Gasteiger partial charge is 0.478 e. The zero-order valence-corrected chi connectivity index (χ0v) is 9.45. The molecule has 0 aromatic carbocycles. The van der Waals surface area contributed by atoms with Crippen LogP contribution < -0.4 is 5.32 Å². The Hall–Kier alpha value is -1.65. The first-order chi connectivity index (χ1) is 7.59. The summed E-state index contributed by atoms with van der Waals surface area (Å²) in [6, 6.07) is 0. The molecule has 2 N–H and O–H groups in total. The van der Waals surface area contributed by atoms with Crippen molar-refractivity contribution in [2.24, 2.45) is 5.92 Å². The fourth-order valence-corrected chi connectivity index (χ4v) is 1.56. The van der Waals surface area contributed by atoms with E-state index < -0.39 is 5.97 Å². The number of hydrogen-bond acceptors (Lipinski definition) is 4. The lowest BCUT2D eigenvalue weighted by atomic mass is 10.1. The predicted octanol–water partition coefficient (Wildman–Crippen LogP) is 1.61. The second-order valence-electron chi connectivity index (χ2n) is 4.26. The van der Waals surface area contributed by atoms with E-state index in [9.17, 15) is 4.79 Å². The van der Waals surface area contributed by atoms with Gasteiger partial charge in [0.05, 0.1) is 5.69 Å². The van der Waals surface area contributed by atoms with E-state index in [1.54, 1.807) is 13.8 Å². The highest BCUT2D eigenvalue weighted by molar-refractivity contribution is 5.94. The highest BCUT2D eigenvalue weighted by atomic mass is 16.4. The summed E-state index contributed by atoms with van der Waals surface area (Å²) in [5.41, 5.74) is 1.59. The molecule has 0 atom stereocenters. The molecule has 1 aromatic heterocycles. The van der Waals surface area contributed by atoms with Crippen molar-refractivity contribution in [2.75, 3.05) is 11.9 Å².